The molecule has 1 amide bonds. The summed E-state index contributed by atoms with van der Waals surface area (Å²) in [7, 11) is 0. The highest BCUT2D eigenvalue weighted by Crippen LogP contribution is 2.40. The summed E-state index contributed by atoms with van der Waals surface area (Å²) in [5, 5.41) is 2.98. The maximum Gasteiger partial charge on any atom is 0.251 e. The molecule has 0 spiro atoms. The lowest BCUT2D eigenvalue weighted by molar-refractivity contribution is 0.0950. The van der Waals surface area contributed by atoms with E-state index >= 15 is 0 Å². The van der Waals surface area contributed by atoms with Gasteiger partial charge in [0.2, 0.25) is 0 Å². The molecule has 2 atom stereocenters. The largest absolute Gasteiger partial charge is 0.349 e. The molecule has 0 heterocycles. The van der Waals surface area contributed by atoms with Gasteiger partial charge in [-0.2, -0.15) is 0 Å². The summed E-state index contributed by atoms with van der Waals surface area (Å²) in [6.45, 7) is 0. The number of carbonyl (C=O) groups is 1. The smallest absolute Gasteiger partial charge is 0.251 e. The molecule has 2 aromatic carbocycles. The van der Waals surface area contributed by atoms with Crippen LogP contribution in [0.3, 0.4) is 0 Å². The predicted octanol–water partition coefficient (Wildman–Crippen LogP) is 3.11. The van der Waals surface area contributed by atoms with E-state index in [1.54, 1.807) is 0 Å². The van der Waals surface area contributed by atoms with Crippen LogP contribution in [-0.2, 0) is 0 Å². The molecule has 0 bridgehead atoms. The normalized spacial score (nSPS) is 20.9. The van der Waals surface area contributed by atoms with Gasteiger partial charge < -0.3 is 5.32 Å². The van der Waals surface area contributed by atoms with E-state index in [0.717, 1.165) is 6.42 Å². The fourth-order valence-corrected chi connectivity index (χ4v) is 2.28. The lowest BCUT2D eigenvalue weighted by atomic mass is 10.1. The Hall–Kier alpha value is -2.16. The first-order valence-electron chi connectivity index (χ1n) is 6.35. The van der Waals surface area contributed by atoms with Gasteiger partial charge in [-0.25, -0.2) is 4.39 Å². The van der Waals surface area contributed by atoms with Gasteiger partial charge in [0.05, 0.1) is 0 Å². The van der Waals surface area contributed by atoms with E-state index in [9.17, 15) is 9.18 Å². The molecular formula is C16H14FNO. The number of hydrogen-bond donors (Lipinski definition) is 1. The van der Waals surface area contributed by atoms with Gasteiger partial charge >= 0.3 is 0 Å². The molecule has 0 unspecified atom stereocenters. The van der Waals surface area contributed by atoms with E-state index < -0.39 is 0 Å². The van der Waals surface area contributed by atoms with Crippen LogP contribution in [0.5, 0.6) is 0 Å². The number of amides is 1. The molecule has 1 aliphatic carbocycles. The SMILES string of the molecule is O=C(N[C@H]1C[C@@H]1c1ccccc1)c1ccc(F)cc1. The predicted molar refractivity (Wildman–Crippen MR) is 71.5 cm³/mol. The van der Waals surface area contributed by atoms with Crippen LogP contribution in [0, 0.1) is 5.82 Å². The molecular weight excluding hydrogens is 241 g/mol. The first kappa shape index (κ1) is 11.9. The Bertz CT molecular complexity index is 579. The summed E-state index contributed by atoms with van der Waals surface area (Å²) in [6, 6.07) is 16.0. The van der Waals surface area contributed by atoms with Crippen LogP contribution in [0.15, 0.2) is 54.6 Å². The highest BCUT2D eigenvalue weighted by molar-refractivity contribution is 5.94. The van der Waals surface area contributed by atoms with E-state index in [1.165, 1.54) is 29.8 Å². The summed E-state index contributed by atoms with van der Waals surface area (Å²) < 4.78 is 12.8. The van der Waals surface area contributed by atoms with Crippen LogP contribution >= 0.6 is 0 Å². The molecule has 0 aromatic heterocycles. The van der Waals surface area contributed by atoms with Gasteiger partial charge in [0, 0.05) is 17.5 Å². The third-order valence-corrected chi connectivity index (χ3v) is 3.44. The zero-order valence-corrected chi connectivity index (χ0v) is 10.3. The molecule has 2 aromatic rings. The molecule has 0 radical (unpaired) electrons. The van der Waals surface area contributed by atoms with E-state index in [2.05, 4.69) is 17.4 Å². The molecule has 2 nitrogen and oxygen atoms in total. The van der Waals surface area contributed by atoms with Crippen molar-refractivity contribution in [2.45, 2.75) is 18.4 Å². The summed E-state index contributed by atoms with van der Waals surface area (Å²) in [6.07, 6.45) is 0.969. The lowest BCUT2D eigenvalue weighted by Gasteiger charge is -2.05. The van der Waals surface area contributed by atoms with E-state index in [-0.39, 0.29) is 17.8 Å². The van der Waals surface area contributed by atoms with Crippen LogP contribution in [0.1, 0.15) is 28.3 Å². The first-order valence-corrected chi connectivity index (χ1v) is 6.35. The number of benzene rings is 2. The topological polar surface area (TPSA) is 29.1 Å². The van der Waals surface area contributed by atoms with Crippen molar-refractivity contribution in [3.8, 4) is 0 Å². The van der Waals surface area contributed by atoms with Crippen molar-refractivity contribution in [1.29, 1.82) is 0 Å². The molecule has 1 aliphatic rings. The van der Waals surface area contributed by atoms with Gasteiger partial charge in [-0.15, -0.1) is 0 Å². The maximum absolute atomic E-state index is 12.8. The number of nitrogens with one attached hydrogen (secondary N) is 1. The number of hydrogen-bond acceptors (Lipinski definition) is 1. The molecule has 0 aliphatic heterocycles. The third-order valence-electron chi connectivity index (χ3n) is 3.44. The van der Waals surface area contributed by atoms with Gasteiger partial charge in [-0.1, -0.05) is 30.3 Å². The third kappa shape index (κ3) is 2.65. The standard InChI is InChI=1S/C16H14FNO/c17-13-8-6-12(7-9-13)16(19)18-15-10-14(15)11-4-2-1-3-5-11/h1-9,14-15H,10H2,(H,18,19)/t14-,15+/m1/s1. The quantitative estimate of drug-likeness (QED) is 0.897. The van der Waals surface area contributed by atoms with Crippen molar-refractivity contribution in [1.82, 2.24) is 5.32 Å². The van der Waals surface area contributed by atoms with Crippen LogP contribution in [0.2, 0.25) is 0 Å². The zero-order chi connectivity index (χ0) is 13.2. The van der Waals surface area contributed by atoms with E-state index in [1.807, 2.05) is 18.2 Å². The second-order valence-corrected chi connectivity index (χ2v) is 4.84. The van der Waals surface area contributed by atoms with Crippen LogP contribution in [0.4, 0.5) is 4.39 Å². The van der Waals surface area contributed by atoms with Gasteiger partial charge in [-0.05, 0) is 36.2 Å². The van der Waals surface area contributed by atoms with E-state index in [4.69, 9.17) is 0 Å². The maximum atomic E-state index is 12.8. The Morgan fingerprint density at radius 1 is 1.05 bits per heavy atom. The molecule has 1 N–H and O–H groups in total. The Balaban J connectivity index is 1.62. The molecule has 3 rings (SSSR count). The average molecular weight is 255 g/mol. The van der Waals surface area contributed by atoms with Gasteiger partial charge in [-0.3, -0.25) is 4.79 Å². The Labute approximate surface area is 111 Å². The van der Waals surface area contributed by atoms with Crippen molar-refractivity contribution in [3.05, 3.63) is 71.5 Å². The second kappa shape index (κ2) is 4.84. The molecule has 3 heteroatoms. The van der Waals surface area contributed by atoms with Crippen molar-refractivity contribution in [2.24, 2.45) is 0 Å². The molecule has 1 saturated carbocycles. The molecule has 19 heavy (non-hydrogen) atoms. The van der Waals surface area contributed by atoms with Crippen LogP contribution in [-0.4, -0.2) is 11.9 Å². The zero-order valence-electron chi connectivity index (χ0n) is 10.3. The highest BCUT2D eigenvalue weighted by atomic mass is 19.1. The number of rotatable bonds is 3. The van der Waals surface area contributed by atoms with Crippen molar-refractivity contribution >= 4 is 5.91 Å². The minimum Gasteiger partial charge on any atom is -0.349 e. The lowest BCUT2D eigenvalue weighted by Crippen LogP contribution is -2.26. The Morgan fingerprint density at radius 2 is 1.74 bits per heavy atom. The fraction of sp³-hybridized carbons (Fsp3) is 0.188. The van der Waals surface area contributed by atoms with Crippen molar-refractivity contribution in [2.75, 3.05) is 0 Å². The molecule has 1 fully saturated rings. The van der Waals surface area contributed by atoms with Crippen molar-refractivity contribution in [3.63, 3.8) is 0 Å². The fourth-order valence-electron chi connectivity index (χ4n) is 2.28. The number of halogens is 1. The second-order valence-electron chi connectivity index (χ2n) is 4.84. The van der Waals surface area contributed by atoms with Crippen LogP contribution in [0.25, 0.3) is 0 Å². The van der Waals surface area contributed by atoms with Gasteiger partial charge in [0.15, 0.2) is 0 Å². The van der Waals surface area contributed by atoms with Gasteiger partial charge in [0.1, 0.15) is 5.82 Å². The summed E-state index contributed by atoms with van der Waals surface area (Å²) in [5.41, 5.74) is 1.76. The average Bonchev–Trinajstić information content (AvgIpc) is 3.20. The minimum atomic E-state index is -0.329. The van der Waals surface area contributed by atoms with Crippen LogP contribution < -0.4 is 5.32 Å². The van der Waals surface area contributed by atoms with Crippen molar-refractivity contribution < 1.29 is 9.18 Å². The summed E-state index contributed by atoms with van der Waals surface area (Å²) >= 11 is 0. The van der Waals surface area contributed by atoms with E-state index in [0.29, 0.717) is 11.5 Å². The first-order chi connectivity index (χ1) is 9.24. The molecule has 0 saturated heterocycles. The highest BCUT2D eigenvalue weighted by Gasteiger charge is 2.39. The Kier molecular flexibility index (Phi) is 3.03. The monoisotopic (exact) mass is 255 g/mol. The molecule has 96 valence electrons. The summed E-state index contributed by atoms with van der Waals surface area (Å²) in [5.74, 6) is -0.0563. The number of carbonyl (C=O) groups excluding carboxylic acids is 1. The minimum absolute atomic E-state index is 0.136. The Morgan fingerprint density at radius 3 is 2.42 bits per heavy atom. The summed E-state index contributed by atoms with van der Waals surface area (Å²) in [4.78, 5) is 11.9. The van der Waals surface area contributed by atoms with Gasteiger partial charge in [0.25, 0.3) is 5.91 Å².